The Balaban J connectivity index is 1.63. The number of nitrogens with zero attached hydrogens (tertiary/aromatic N) is 2. The first kappa shape index (κ1) is 14.3. The lowest BCUT2D eigenvalue weighted by Gasteiger charge is -2.31. The Morgan fingerprint density at radius 2 is 2.26 bits per heavy atom. The molecule has 0 saturated carbocycles. The van der Waals surface area contributed by atoms with Gasteiger partial charge < -0.3 is 24.4 Å². The molecular weight excluding hydrogens is 300 g/mol. The number of likely N-dealkylation sites (tertiary alicyclic amines) is 1. The molecular formula is C16H18N2O5. The quantitative estimate of drug-likeness (QED) is 0.862. The zero-order chi connectivity index (χ0) is 16.2. The lowest BCUT2D eigenvalue weighted by molar-refractivity contribution is -0.136. The third-order valence-electron chi connectivity index (χ3n) is 5.09. The van der Waals surface area contributed by atoms with E-state index in [-0.39, 0.29) is 23.6 Å². The van der Waals surface area contributed by atoms with Crippen molar-refractivity contribution >= 4 is 11.8 Å². The Kier molecular flexibility index (Phi) is 3.02. The highest BCUT2D eigenvalue weighted by molar-refractivity contribution is 5.96. The number of phenols is 1. The smallest absolute Gasteiger partial charge is 0.254 e. The van der Waals surface area contributed by atoms with Crippen molar-refractivity contribution in [2.24, 2.45) is 0 Å². The summed E-state index contributed by atoms with van der Waals surface area (Å²) < 4.78 is 10.9. The monoisotopic (exact) mass is 318 g/mol. The van der Waals surface area contributed by atoms with Crippen LogP contribution >= 0.6 is 0 Å². The molecule has 3 saturated heterocycles. The third-order valence-corrected chi connectivity index (χ3v) is 5.09. The van der Waals surface area contributed by atoms with Crippen LogP contribution in [-0.4, -0.2) is 65.3 Å². The Labute approximate surface area is 133 Å². The first-order chi connectivity index (χ1) is 11.1. The normalized spacial score (nSPS) is 28.9. The minimum Gasteiger partial charge on any atom is -0.504 e. The molecule has 0 unspecified atom stereocenters. The van der Waals surface area contributed by atoms with Gasteiger partial charge in [0, 0.05) is 25.1 Å². The fourth-order valence-corrected chi connectivity index (χ4v) is 4.02. The van der Waals surface area contributed by atoms with Gasteiger partial charge in [-0.2, -0.15) is 0 Å². The van der Waals surface area contributed by atoms with Crippen LogP contribution in [0.25, 0.3) is 0 Å². The van der Waals surface area contributed by atoms with Gasteiger partial charge in [-0.15, -0.1) is 0 Å². The maximum atomic E-state index is 12.8. The van der Waals surface area contributed by atoms with Gasteiger partial charge in [-0.3, -0.25) is 9.59 Å². The third kappa shape index (κ3) is 1.86. The van der Waals surface area contributed by atoms with E-state index < -0.39 is 5.72 Å². The highest BCUT2D eigenvalue weighted by Gasteiger charge is 2.62. The molecule has 1 N–H and O–H groups in total. The number of amides is 2. The molecule has 0 aliphatic carbocycles. The Hall–Kier alpha value is -2.28. The molecule has 1 aromatic rings. The van der Waals surface area contributed by atoms with Crippen molar-refractivity contribution in [3.63, 3.8) is 0 Å². The van der Waals surface area contributed by atoms with Crippen LogP contribution in [0.5, 0.6) is 11.5 Å². The van der Waals surface area contributed by atoms with Crippen LogP contribution in [0, 0.1) is 0 Å². The largest absolute Gasteiger partial charge is 0.504 e. The molecule has 23 heavy (non-hydrogen) atoms. The number of hydrogen-bond acceptors (Lipinski definition) is 5. The zero-order valence-corrected chi connectivity index (χ0v) is 12.8. The number of carbonyl (C=O) groups is 2. The molecule has 2 atom stereocenters. The predicted molar refractivity (Wildman–Crippen MR) is 79.1 cm³/mol. The molecule has 7 nitrogen and oxygen atoms in total. The van der Waals surface area contributed by atoms with Crippen LogP contribution in [0.4, 0.5) is 0 Å². The molecule has 0 radical (unpaired) electrons. The minimum atomic E-state index is -0.638. The molecule has 3 aliphatic heterocycles. The average molecular weight is 318 g/mol. The van der Waals surface area contributed by atoms with Gasteiger partial charge in [0.15, 0.2) is 17.2 Å². The Bertz CT molecular complexity index is 691. The van der Waals surface area contributed by atoms with Gasteiger partial charge in [-0.25, -0.2) is 0 Å². The molecule has 3 aliphatic rings. The van der Waals surface area contributed by atoms with Crippen molar-refractivity contribution in [3.8, 4) is 11.5 Å². The second-order valence-corrected chi connectivity index (χ2v) is 6.09. The fourth-order valence-electron chi connectivity index (χ4n) is 4.02. The first-order valence-electron chi connectivity index (χ1n) is 7.69. The van der Waals surface area contributed by atoms with Gasteiger partial charge >= 0.3 is 0 Å². The number of methoxy groups -OCH3 is 1. The number of phenolic OH excluding ortho intramolecular Hbond substituents is 1. The van der Waals surface area contributed by atoms with Crippen molar-refractivity contribution in [3.05, 3.63) is 23.8 Å². The SMILES string of the molecule is COc1ccc(C(=O)N2CC[C@@]34OCCN3C(=O)C[C@@H]24)cc1O. The van der Waals surface area contributed by atoms with Crippen molar-refractivity contribution in [1.29, 1.82) is 0 Å². The van der Waals surface area contributed by atoms with Crippen molar-refractivity contribution in [2.45, 2.75) is 24.6 Å². The summed E-state index contributed by atoms with van der Waals surface area (Å²) in [4.78, 5) is 28.5. The summed E-state index contributed by atoms with van der Waals surface area (Å²) in [6, 6.07) is 4.33. The highest BCUT2D eigenvalue weighted by Crippen LogP contribution is 2.46. The second kappa shape index (κ2) is 4.86. The van der Waals surface area contributed by atoms with E-state index in [1.807, 2.05) is 0 Å². The summed E-state index contributed by atoms with van der Waals surface area (Å²) in [5.41, 5.74) is -0.259. The van der Waals surface area contributed by atoms with Gasteiger partial charge in [0.05, 0.1) is 26.2 Å². The molecule has 4 rings (SSSR count). The van der Waals surface area contributed by atoms with Crippen LogP contribution in [-0.2, 0) is 9.53 Å². The topological polar surface area (TPSA) is 79.3 Å². The van der Waals surface area contributed by atoms with E-state index in [1.165, 1.54) is 13.2 Å². The Morgan fingerprint density at radius 3 is 3.00 bits per heavy atom. The number of aromatic hydroxyl groups is 1. The lowest BCUT2D eigenvalue weighted by Crippen LogP contribution is -2.48. The first-order valence-corrected chi connectivity index (χ1v) is 7.69. The van der Waals surface area contributed by atoms with E-state index in [1.54, 1.807) is 21.9 Å². The number of benzene rings is 1. The van der Waals surface area contributed by atoms with Crippen LogP contribution in [0.2, 0.25) is 0 Å². The minimum absolute atomic E-state index is 0.0441. The molecule has 1 aromatic carbocycles. The molecule has 1 spiro atoms. The van der Waals surface area contributed by atoms with Crippen molar-refractivity contribution in [2.75, 3.05) is 26.8 Å². The van der Waals surface area contributed by atoms with E-state index in [0.29, 0.717) is 43.9 Å². The number of ether oxygens (including phenoxy) is 2. The van der Waals surface area contributed by atoms with E-state index in [9.17, 15) is 14.7 Å². The second-order valence-electron chi connectivity index (χ2n) is 6.09. The predicted octanol–water partition coefficient (Wildman–Crippen LogP) is 0.574. The Morgan fingerprint density at radius 1 is 1.43 bits per heavy atom. The average Bonchev–Trinajstić information content (AvgIpc) is 3.18. The van der Waals surface area contributed by atoms with E-state index in [2.05, 4.69) is 0 Å². The van der Waals surface area contributed by atoms with Crippen LogP contribution in [0.3, 0.4) is 0 Å². The zero-order valence-electron chi connectivity index (χ0n) is 12.8. The number of hydrogen-bond donors (Lipinski definition) is 1. The summed E-state index contributed by atoms with van der Waals surface area (Å²) in [5.74, 6) is 0.0897. The fraction of sp³-hybridized carbons (Fsp3) is 0.500. The standard InChI is InChI=1S/C16H18N2O5/c1-22-12-3-2-10(8-11(12)19)15(21)17-5-4-16-13(17)9-14(20)18(16)6-7-23-16/h2-3,8,13,19H,4-7,9H2,1H3/t13-,16+/m1/s1. The number of rotatable bonds is 2. The maximum absolute atomic E-state index is 12.8. The summed E-state index contributed by atoms with van der Waals surface area (Å²) in [6.45, 7) is 1.66. The summed E-state index contributed by atoms with van der Waals surface area (Å²) in [6.07, 6.45) is 0.936. The number of carbonyl (C=O) groups excluding carboxylic acids is 2. The van der Waals surface area contributed by atoms with Crippen LogP contribution < -0.4 is 4.74 Å². The van der Waals surface area contributed by atoms with Crippen molar-refractivity contribution in [1.82, 2.24) is 9.80 Å². The summed E-state index contributed by atoms with van der Waals surface area (Å²) in [7, 11) is 1.46. The van der Waals surface area contributed by atoms with E-state index in [0.717, 1.165) is 0 Å². The van der Waals surface area contributed by atoms with Crippen LogP contribution in [0.15, 0.2) is 18.2 Å². The maximum Gasteiger partial charge on any atom is 0.254 e. The molecule has 7 heteroatoms. The highest BCUT2D eigenvalue weighted by atomic mass is 16.5. The summed E-state index contributed by atoms with van der Waals surface area (Å²) in [5, 5.41) is 9.88. The molecule has 2 amide bonds. The molecule has 0 bridgehead atoms. The lowest BCUT2D eigenvalue weighted by atomic mass is 10.1. The molecule has 3 heterocycles. The van der Waals surface area contributed by atoms with Crippen molar-refractivity contribution < 1.29 is 24.2 Å². The van der Waals surface area contributed by atoms with E-state index >= 15 is 0 Å². The van der Waals surface area contributed by atoms with Gasteiger partial charge in [0.25, 0.3) is 5.91 Å². The van der Waals surface area contributed by atoms with Gasteiger partial charge in [-0.1, -0.05) is 0 Å². The molecule has 0 aromatic heterocycles. The molecule has 122 valence electrons. The van der Waals surface area contributed by atoms with Gasteiger partial charge in [0.2, 0.25) is 5.91 Å². The molecule has 3 fully saturated rings. The van der Waals surface area contributed by atoms with Gasteiger partial charge in [0.1, 0.15) is 0 Å². The van der Waals surface area contributed by atoms with E-state index in [4.69, 9.17) is 9.47 Å². The van der Waals surface area contributed by atoms with Crippen LogP contribution in [0.1, 0.15) is 23.2 Å². The van der Waals surface area contributed by atoms with Gasteiger partial charge in [-0.05, 0) is 18.2 Å². The summed E-state index contributed by atoms with van der Waals surface area (Å²) >= 11 is 0.